The molecule has 0 unspecified atom stereocenters. The van der Waals surface area contributed by atoms with Gasteiger partial charge in [0.1, 0.15) is 5.78 Å². The summed E-state index contributed by atoms with van der Waals surface area (Å²) in [4.78, 5) is 16.1. The SMILES string of the molecule is CC(C)CC(=O)Cc1nc(C2CCC(C)CC2)no1. The summed E-state index contributed by atoms with van der Waals surface area (Å²) < 4.78 is 5.21. The van der Waals surface area contributed by atoms with E-state index in [1.54, 1.807) is 0 Å². The third kappa shape index (κ3) is 4.15. The smallest absolute Gasteiger partial charge is 0.234 e. The highest BCUT2D eigenvalue weighted by Gasteiger charge is 2.24. The van der Waals surface area contributed by atoms with Crippen LogP contribution in [0.1, 0.15) is 70.5 Å². The molecule has 0 N–H and O–H groups in total. The molecule has 1 aromatic heterocycles. The van der Waals surface area contributed by atoms with Crippen molar-refractivity contribution in [3.8, 4) is 0 Å². The van der Waals surface area contributed by atoms with E-state index < -0.39 is 0 Å². The number of aromatic nitrogens is 2. The summed E-state index contributed by atoms with van der Waals surface area (Å²) >= 11 is 0. The summed E-state index contributed by atoms with van der Waals surface area (Å²) in [6.45, 7) is 6.38. The minimum atomic E-state index is 0.183. The van der Waals surface area contributed by atoms with Gasteiger partial charge in [-0.3, -0.25) is 4.79 Å². The van der Waals surface area contributed by atoms with Gasteiger partial charge < -0.3 is 4.52 Å². The van der Waals surface area contributed by atoms with Gasteiger partial charge >= 0.3 is 0 Å². The van der Waals surface area contributed by atoms with Crippen LogP contribution < -0.4 is 0 Å². The normalized spacial score (nSPS) is 23.8. The molecule has 0 spiro atoms. The summed E-state index contributed by atoms with van der Waals surface area (Å²) in [6.07, 6.45) is 5.62. The van der Waals surface area contributed by atoms with Crippen LogP contribution in [0.2, 0.25) is 0 Å². The number of rotatable bonds is 5. The number of Topliss-reactive ketones (excluding diaryl/α,β-unsaturated/α-hetero) is 1. The highest BCUT2D eigenvalue weighted by Crippen LogP contribution is 2.34. The molecule has 0 radical (unpaired) electrons. The van der Waals surface area contributed by atoms with E-state index in [2.05, 4.69) is 17.1 Å². The van der Waals surface area contributed by atoms with Gasteiger partial charge in [0.15, 0.2) is 5.82 Å². The van der Waals surface area contributed by atoms with Crippen molar-refractivity contribution in [3.05, 3.63) is 11.7 Å². The van der Waals surface area contributed by atoms with Crippen molar-refractivity contribution in [3.63, 3.8) is 0 Å². The van der Waals surface area contributed by atoms with Crippen molar-refractivity contribution >= 4 is 5.78 Å². The Morgan fingerprint density at radius 2 is 2.00 bits per heavy atom. The Kier molecular flexibility index (Phi) is 4.72. The lowest BCUT2D eigenvalue weighted by atomic mass is 9.83. The average molecular weight is 264 g/mol. The minimum absolute atomic E-state index is 0.183. The van der Waals surface area contributed by atoms with E-state index in [1.807, 2.05) is 13.8 Å². The summed E-state index contributed by atoms with van der Waals surface area (Å²) in [6, 6.07) is 0. The first-order chi connectivity index (χ1) is 9.04. The predicted molar refractivity (Wildman–Crippen MR) is 72.8 cm³/mol. The maximum atomic E-state index is 11.7. The summed E-state index contributed by atoms with van der Waals surface area (Å²) in [5.41, 5.74) is 0. The second kappa shape index (κ2) is 6.31. The first-order valence-electron chi connectivity index (χ1n) is 7.38. The van der Waals surface area contributed by atoms with Crippen molar-refractivity contribution in [2.24, 2.45) is 11.8 Å². The minimum Gasteiger partial charge on any atom is -0.339 e. The Labute approximate surface area is 115 Å². The molecule has 1 aromatic rings. The first-order valence-corrected chi connectivity index (χ1v) is 7.38. The second-order valence-electron chi connectivity index (χ2n) is 6.32. The number of ketones is 1. The van der Waals surface area contributed by atoms with Crippen molar-refractivity contribution in [2.45, 2.75) is 65.2 Å². The quantitative estimate of drug-likeness (QED) is 0.816. The Morgan fingerprint density at radius 1 is 1.32 bits per heavy atom. The molecular formula is C15H24N2O2. The third-order valence-electron chi connectivity index (χ3n) is 3.85. The maximum Gasteiger partial charge on any atom is 0.234 e. The number of carbonyl (C=O) groups is 1. The van der Waals surface area contributed by atoms with E-state index >= 15 is 0 Å². The number of hydrogen-bond donors (Lipinski definition) is 0. The maximum absolute atomic E-state index is 11.7. The zero-order valence-corrected chi connectivity index (χ0v) is 12.2. The Morgan fingerprint density at radius 3 is 2.63 bits per heavy atom. The molecule has 1 fully saturated rings. The monoisotopic (exact) mass is 264 g/mol. The highest BCUT2D eigenvalue weighted by molar-refractivity contribution is 5.80. The molecule has 1 saturated carbocycles. The topological polar surface area (TPSA) is 56.0 Å². The standard InChI is InChI=1S/C15H24N2O2/c1-10(2)8-13(18)9-14-16-15(17-19-14)12-6-4-11(3)5-7-12/h10-12H,4-9H2,1-3H3. The van der Waals surface area contributed by atoms with Crippen molar-refractivity contribution in [1.82, 2.24) is 10.1 Å². The molecule has 0 saturated heterocycles. The molecular weight excluding hydrogens is 240 g/mol. The van der Waals surface area contributed by atoms with Crippen LogP contribution in [0.25, 0.3) is 0 Å². The molecule has 2 rings (SSSR count). The molecule has 0 aromatic carbocycles. The van der Waals surface area contributed by atoms with Crippen LogP contribution in [0, 0.1) is 11.8 Å². The highest BCUT2D eigenvalue weighted by atomic mass is 16.5. The van der Waals surface area contributed by atoms with Gasteiger partial charge in [-0.1, -0.05) is 38.8 Å². The summed E-state index contributed by atoms with van der Waals surface area (Å²) in [7, 11) is 0. The van der Waals surface area contributed by atoms with Crippen LogP contribution in [-0.4, -0.2) is 15.9 Å². The fourth-order valence-corrected chi connectivity index (χ4v) is 2.72. The van der Waals surface area contributed by atoms with Crippen molar-refractivity contribution in [2.75, 3.05) is 0 Å². The molecule has 1 heterocycles. The van der Waals surface area contributed by atoms with Gasteiger partial charge in [0, 0.05) is 12.3 Å². The van der Waals surface area contributed by atoms with E-state index in [1.165, 1.54) is 12.8 Å². The van der Waals surface area contributed by atoms with Gasteiger partial charge in [-0.25, -0.2) is 0 Å². The van der Waals surface area contributed by atoms with E-state index in [0.717, 1.165) is 24.6 Å². The lowest BCUT2D eigenvalue weighted by molar-refractivity contribution is -0.119. The van der Waals surface area contributed by atoms with Crippen LogP contribution in [0.5, 0.6) is 0 Å². The summed E-state index contributed by atoms with van der Waals surface area (Å²) in [5.74, 6) is 3.10. The van der Waals surface area contributed by atoms with Gasteiger partial charge in [-0.15, -0.1) is 0 Å². The summed E-state index contributed by atoms with van der Waals surface area (Å²) in [5, 5.41) is 4.06. The lowest BCUT2D eigenvalue weighted by Crippen LogP contribution is -2.12. The van der Waals surface area contributed by atoms with Crippen molar-refractivity contribution in [1.29, 1.82) is 0 Å². The fourth-order valence-electron chi connectivity index (χ4n) is 2.72. The second-order valence-corrected chi connectivity index (χ2v) is 6.32. The van der Waals surface area contributed by atoms with Gasteiger partial charge in [0.05, 0.1) is 6.42 Å². The van der Waals surface area contributed by atoms with E-state index in [4.69, 9.17) is 4.52 Å². The predicted octanol–water partition coefficient (Wildman–Crippen LogP) is 3.52. The van der Waals surface area contributed by atoms with E-state index in [0.29, 0.717) is 24.1 Å². The van der Waals surface area contributed by atoms with Gasteiger partial charge in [-0.2, -0.15) is 4.98 Å². The molecule has 19 heavy (non-hydrogen) atoms. The molecule has 4 heteroatoms. The number of nitrogens with zero attached hydrogens (tertiary/aromatic N) is 2. The van der Waals surface area contributed by atoms with E-state index in [9.17, 15) is 4.79 Å². The average Bonchev–Trinajstić information content (AvgIpc) is 2.77. The molecule has 1 aliphatic carbocycles. The zero-order valence-electron chi connectivity index (χ0n) is 12.2. The molecule has 0 amide bonds. The third-order valence-corrected chi connectivity index (χ3v) is 3.85. The van der Waals surface area contributed by atoms with Gasteiger partial charge in [0.25, 0.3) is 0 Å². The van der Waals surface area contributed by atoms with Gasteiger partial charge in [0.2, 0.25) is 5.89 Å². The molecule has 0 aliphatic heterocycles. The van der Waals surface area contributed by atoms with Gasteiger partial charge in [-0.05, 0) is 24.7 Å². The van der Waals surface area contributed by atoms with Crippen LogP contribution in [-0.2, 0) is 11.2 Å². The van der Waals surface area contributed by atoms with Crippen LogP contribution in [0.3, 0.4) is 0 Å². The molecule has 4 nitrogen and oxygen atoms in total. The fraction of sp³-hybridized carbons (Fsp3) is 0.800. The van der Waals surface area contributed by atoms with Crippen LogP contribution in [0.15, 0.2) is 4.52 Å². The Bertz CT molecular complexity index is 418. The van der Waals surface area contributed by atoms with Crippen LogP contribution in [0.4, 0.5) is 0 Å². The molecule has 1 aliphatic rings. The molecule has 106 valence electrons. The Balaban J connectivity index is 1.90. The Hall–Kier alpha value is -1.19. The number of carbonyl (C=O) groups excluding carboxylic acids is 1. The van der Waals surface area contributed by atoms with Crippen LogP contribution >= 0.6 is 0 Å². The van der Waals surface area contributed by atoms with Crippen molar-refractivity contribution < 1.29 is 9.32 Å². The first kappa shape index (κ1) is 14.2. The molecule has 0 bridgehead atoms. The van der Waals surface area contributed by atoms with E-state index in [-0.39, 0.29) is 12.2 Å². The lowest BCUT2D eigenvalue weighted by Gasteiger charge is -2.23. The largest absolute Gasteiger partial charge is 0.339 e. The molecule has 0 atom stereocenters. The number of hydrogen-bond acceptors (Lipinski definition) is 4. The zero-order chi connectivity index (χ0) is 13.8.